The van der Waals surface area contributed by atoms with Crippen LogP contribution in [0.3, 0.4) is 0 Å². The topological polar surface area (TPSA) is 51.1 Å². The first-order valence-electron chi connectivity index (χ1n) is 5.88. The maximum Gasteiger partial charge on any atom is 0.251 e. The van der Waals surface area contributed by atoms with Crippen LogP contribution in [-0.2, 0) is 11.3 Å². The number of carbonyl (C=O) groups excluding carboxylic acids is 1. The SMILES string of the molecule is Cc1ccn(CC(=O)Nc2cc(Cl)ccc2Cl)c(=O)c1. The Labute approximate surface area is 125 Å². The molecule has 0 fully saturated rings. The average molecular weight is 311 g/mol. The van der Waals surface area contributed by atoms with E-state index in [2.05, 4.69) is 5.32 Å². The van der Waals surface area contributed by atoms with Gasteiger partial charge in [-0.2, -0.15) is 0 Å². The summed E-state index contributed by atoms with van der Waals surface area (Å²) in [5.41, 5.74) is 1.05. The number of halogens is 2. The molecular weight excluding hydrogens is 299 g/mol. The number of aryl methyl sites for hydroxylation is 1. The molecule has 0 atom stereocenters. The van der Waals surface area contributed by atoms with Crippen LogP contribution < -0.4 is 10.9 Å². The van der Waals surface area contributed by atoms with Gasteiger partial charge in [0.15, 0.2) is 0 Å². The molecule has 1 N–H and O–H groups in total. The molecular formula is C14H12Cl2N2O2. The van der Waals surface area contributed by atoms with Crippen LogP contribution in [0.5, 0.6) is 0 Å². The molecule has 0 spiro atoms. The van der Waals surface area contributed by atoms with Crippen LogP contribution in [0.1, 0.15) is 5.56 Å². The highest BCUT2D eigenvalue weighted by atomic mass is 35.5. The van der Waals surface area contributed by atoms with E-state index in [4.69, 9.17) is 23.2 Å². The summed E-state index contributed by atoms with van der Waals surface area (Å²) in [6.45, 7) is 1.74. The Balaban J connectivity index is 2.13. The third-order valence-electron chi connectivity index (χ3n) is 2.67. The highest BCUT2D eigenvalue weighted by molar-refractivity contribution is 6.35. The van der Waals surface area contributed by atoms with E-state index in [1.807, 2.05) is 6.92 Å². The lowest BCUT2D eigenvalue weighted by atomic mass is 10.3. The van der Waals surface area contributed by atoms with Gasteiger partial charge < -0.3 is 9.88 Å². The maximum absolute atomic E-state index is 11.9. The second-order valence-corrected chi connectivity index (χ2v) is 5.19. The Hall–Kier alpha value is -1.78. The first-order valence-corrected chi connectivity index (χ1v) is 6.63. The van der Waals surface area contributed by atoms with Gasteiger partial charge in [-0.1, -0.05) is 23.2 Å². The summed E-state index contributed by atoms with van der Waals surface area (Å²) >= 11 is 11.8. The minimum absolute atomic E-state index is 0.0814. The number of rotatable bonds is 3. The van der Waals surface area contributed by atoms with Crippen molar-refractivity contribution < 1.29 is 4.79 Å². The lowest BCUT2D eigenvalue weighted by Gasteiger charge is -2.09. The van der Waals surface area contributed by atoms with Gasteiger partial charge in [0.25, 0.3) is 5.56 Å². The van der Waals surface area contributed by atoms with E-state index in [0.717, 1.165) is 5.56 Å². The van der Waals surface area contributed by atoms with Crippen molar-refractivity contribution in [3.8, 4) is 0 Å². The summed E-state index contributed by atoms with van der Waals surface area (Å²) in [7, 11) is 0. The fourth-order valence-electron chi connectivity index (χ4n) is 1.68. The first kappa shape index (κ1) is 14.6. The number of nitrogens with zero attached hydrogens (tertiary/aromatic N) is 1. The Kier molecular flexibility index (Phi) is 4.47. The zero-order chi connectivity index (χ0) is 14.7. The van der Waals surface area contributed by atoms with Gasteiger partial charge in [-0.25, -0.2) is 0 Å². The first-order chi connectivity index (χ1) is 9.45. The Bertz CT molecular complexity index is 711. The van der Waals surface area contributed by atoms with E-state index in [-0.39, 0.29) is 18.0 Å². The van der Waals surface area contributed by atoms with Gasteiger partial charge >= 0.3 is 0 Å². The summed E-state index contributed by atoms with van der Waals surface area (Å²) < 4.78 is 1.32. The van der Waals surface area contributed by atoms with Gasteiger partial charge in [0.2, 0.25) is 5.91 Å². The van der Waals surface area contributed by atoms with Gasteiger partial charge in [-0.3, -0.25) is 9.59 Å². The second kappa shape index (κ2) is 6.11. The van der Waals surface area contributed by atoms with Crippen LogP contribution in [0.2, 0.25) is 10.0 Å². The molecule has 0 radical (unpaired) electrons. The number of pyridine rings is 1. The monoisotopic (exact) mass is 310 g/mol. The van der Waals surface area contributed by atoms with Crippen molar-refractivity contribution >= 4 is 34.8 Å². The van der Waals surface area contributed by atoms with Crippen LogP contribution in [0.4, 0.5) is 5.69 Å². The minimum atomic E-state index is -0.347. The number of benzene rings is 1. The van der Waals surface area contributed by atoms with Crippen molar-refractivity contribution in [3.63, 3.8) is 0 Å². The minimum Gasteiger partial charge on any atom is -0.323 e. The Morgan fingerprint density at radius 1 is 1.25 bits per heavy atom. The molecule has 2 rings (SSSR count). The van der Waals surface area contributed by atoms with E-state index in [1.54, 1.807) is 30.5 Å². The summed E-state index contributed by atoms with van der Waals surface area (Å²) in [4.78, 5) is 23.6. The zero-order valence-corrected chi connectivity index (χ0v) is 12.2. The molecule has 1 aromatic heterocycles. The highest BCUT2D eigenvalue weighted by Gasteiger charge is 2.08. The van der Waals surface area contributed by atoms with Gasteiger partial charge in [0.1, 0.15) is 6.54 Å². The average Bonchev–Trinajstić information content (AvgIpc) is 2.37. The summed E-state index contributed by atoms with van der Waals surface area (Å²) in [6.07, 6.45) is 1.58. The van der Waals surface area contributed by atoms with Crippen LogP contribution in [0.25, 0.3) is 0 Å². The van der Waals surface area contributed by atoms with Gasteiger partial charge in [0.05, 0.1) is 10.7 Å². The molecule has 0 aliphatic heterocycles. The molecule has 0 saturated heterocycles. The third-order valence-corrected chi connectivity index (χ3v) is 3.23. The lowest BCUT2D eigenvalue weighted by molar-refractivity contribution is -0.116. The Morgan fingerprint density at radius 2 is 2.00 bits per heavy atom. The molecule has 2 aromatic rings. The van der Waals surface area contributed by atoms with Gasteiger partial charge in [-0.15, -0.1) is 0 Å². The number of nitrogens with one attached hydrogen (secondary N) is 1. The molecule has 1 aromatic carbocycles. The van der Waals surface area contributed by atoms with E-state index >= 15 is 0 Å². The van der Waals surface area contributed by atoms with Gasteiger partial charge in [-0.05, 0) is 36.8 Å². The number of anilines is 1. The predicted molar refractivity (Wildman–Crippen MR) is 80.5 cm³/mol. The van der Waals surface area contributed by atoms with Crippen molar-refractivity contribution in [3.05, 3.63) is 62.5 Å². The quantitative estimate of drug-likeness (QED) is 0.947. The van der Waals surface area contributed by atoms with E-state index in [0.29, 0.717) is 15.7 Å². The molecule has 4 nitrogen and oxygen atoms in total. The van der Waals surface area contributed by atoms with Crippen LogP contribution in [0, 0.1) is 6.92 Å². The van der Waals surface area contributed by atoms with Crippen molar-refractivity contribution in [2.45, 2.75) is 13.5 Å². The van der Waals surface area contributed by atoms with Crippen LogP contribution in [-0.4, -0.2) is 10.5 Å². The number of amides is 1. The molecule has 0 aliphatic rings. The standard InChI is InChI=1S/C14H12Cl2N2O2/c1-9-4-5-18(14(20)6-9)8-13(19)17-12-7-10(15)2-3-11(12)16/h2-7H,8H2,1H3,(H,17,19). The smallest absolute Gasteiger partial charge is 0.251 e. The summed E-state index contributed by atoms with van der Waals surface area (Å²) in [6, 6.07) is 8.02. The molecule has 104 valence electrons. The molecule has 0 bridgehead atoms. The number of hydrogen-bond acceptors (Lipinski definition) is 2. The van der Waals surface area contributed by atoms with Crippen molar-refractivity contribution in [1.82, 2.24) is 4.57 Å². The van der Waals surface area contributed by atoms with E-state index in [9.17, 15) is 9.59 Å². The lowest BCUT2D eigenvalue weighted by Crippen LogP contribution is -2.26. The molecule has 1 amide bonds. The highest BCUT2D eigenvalue weighted by Crippen LogP contribution is 2.25. The summed E-state index contributed by atoms with van der Waals surface area (Å²) in [5.74, 6) is -0.347. The van der Waals surface area contributed by atoms with Crippen molar-refractivity contribution in [2.75, 3.05) is 5.32 Å². The van der Waals surface area contributed by atoms with Crippen molar-refractivity contribution in [2.24, 2.45) is 0 Å². The molecule has 6 heteroatoms. The number of aromatic nitrogens is 1. The molecule has 0 saturated carbocycles. The second-order valence-electron chi connectivity index (χ2n) is 4.34. The third kappa shape index (κ3) is 3.62. The Morgan fingerprint density at radius 3 is 2.70 bits per heavy atom. The van der Waals surface area contributed by atoms with E-state index in [1.165, 1.54) is 10.6 Å². The van der Waals surface area contributed by atoms with Gasteiger partial charge in [0, 0.05) is 17.3 Å². The van der Waals surface area contributed by atoms with Crippen LogP contribution >= 0.6 is 23.2 Å². The fourth-order valence-corrected chi connectivity index (χ4v) is 2.01. The summed E-state index contributed by atoms with van der Waals surface area (Å²) in [5, 5.41) is 3.48. The fraction of sp³-hybridized carbons (Fsp3) is 0.143. The molecule has 0 aliphatic carbocycles. The maximum atomic E-state index is 11.9. The predicted octanol–water partition coefficient (Wildman–Crippen LogP) is 3.10. The van der Waals surface area contributed by atoms with Crippen LogP contribution in [0.15, 0.2) is 41.3 Å². The van der Waals surface area contributed by atoms with Crippen molar-refractivity contribution in [1.29, 1.82) is 0 Å². The largest absolute Gasteiger partial charge is 0.323 e. The molecule has 1 heterocycles. The number of hydrogen-bond donors (Lipinski definition) is 1. The molecule has 0 unspecified atom stereocenters. The zero-order valence-electron chi connectivity index (χ0n) is 10.7. The molecule has 20 heavy (non-hydrogen) atoms. The van der Waals surface area contributed by atoms with E-state index < -0.39 is 0 Å². The normalized spacial score (nSPS) is 10.3. The number of carbonyl (C=O) groups is 1.